The molecule has 152 valence electrons. The van der Waals surface area contributed by atoms with Gasteiger partial charge in [-0.25, -0.2) is 9.78 Å². The molecule has 0 aliphatic heterocycles. The average molecular weight is 451 g/mol. The number of hydrogen-bond acceptors (Lipinski definition) is 5. The van der Waals surface area contributed by atoms with Crippen molar-refractivity contribution in [1.82, 2.24) is 9.55 Å². The largest absolute Gasteiger partial charge is 0.464 e. The number of aromatic nitrogens is 2. The van der Waals surface area contributed by atoms with E-state index in [1.54, 1.807) is 6.07 Å². The van der Waals surface area contributed by atoms with E-state index >= 15 is 0 Å². The van der Waals surface area contributed by atoms with Gasteiger partial charge < -0.3 is 14.0 Å². The molecule has 0 amide bonds. The molecule has 2 heterocycles. The van der Waals surface area contributed by atoms with Crippen LogP contribution in [0.5, 0.6) is 0 Å². The predicted molar refractivity (Wildman–Crippen MR) is 110 cm³/mol. The molecular weight excluding hydrogens is 424 g/mol. The molecule has 3 rings (SSSR count). The van der Waals surface area contributed by atoms with E-state index in [-0.39, 0.29) is 18.2 Å². The van der Waals surface area contributed by atoms with Crippen LogP contribution in [0.15, 0.2) is 16.7 Å². The van der Waals surface area contributed by atoms with Gasteiger partial charge in [0, 0.05) is 5.56 Å². The monoisotopic (exact) mass is 450 g/mol. The summed E-state index contributed by atoms with van der Waals surface area (Å²) in [6.45, 7) is 5.64. The van der Waals surface area contributed by atoms with E-state index in [1.807, 2.05) is 31.4 Å². The molecule has 0 N–H and O–H groups in total. The van der Waals surface area contributed by atoms with E-state index in [9.17, 15) is 9.59 Å². The zero-order valence-corrected chi connectivity index (χ0v) is 18.5. The second kappa shape index (κ2) is 8.23. The lowest BCUT2D eigenvalue weighted by molar-refractivity contribution is -0.155. The van der Waals surface area contributed by atoms with Crippen molar-refractivity contribution in [3.05, 3.63) is 28.0 Å². The second-order valence-corrected chi connectivity index (χ2v) is 9.02. The van der Waals surface area contributed by atoms with Gasteiger partial charge in [-0.3, -0.25) is 4.79 Å². The average Bonchev–Trinajstić information content (AvgIpc) is 2.91. The van der Waals surface area contributed by atoms with E-state index in [4.69, 9.17) is 9.47 Å². The molecule has 0 radical (unpaired) electrons. The number of ether oxygens (including phenoxy) is 2. The number of fused-ring (bicyclic) bond motifs is 1. The fraction of sp³-hybridized carbons (Fsp3) is 0.571. The maximum Gasteiger partial charge on any atom is 0.356 e. The summed E-state index contributed by atoms with van der Waals surface area (Å²) in [6.07, 6.45) is 5.74. The Bertz CT molecular complexity index is 892. The van der Waals surface area contributed by atoms with Crippen molar-refractivity contribution in [2.45, 2.75) is 70.9 Å². The molecule has 1 aliphatic rings. The van der Waals surface area contributed by atoms with Crippen LogP contribution in [0.4, 0.5) is 0 Å². The highest BCUT2D eigenvalue weighted by Gasteiger charge is 2.28. The minimum atomic E-state index is -0.547. The third-order valence-corrected chi connectivity index (χ3v) is 5.85. The van der Waals surface area contributed by atoms with Gasteiger partial charge in [0.05, 0.1) is 22.7 Å². The van der Waals surface area contributed by atoms with E-state index < -0.39 is 11.6 Å². The Morgan fingerprint density at radius 3 is 2.50 bits per heavy atom. The van der Waals surface area contributed by atoms with Crippen LogP contribution in [0.25, 0.3) is 11.0 Å². The molecule has 0 unspecified atom stereocenters. The predicted octanol–water partition coefficient (Wildman–Crippen LogP) is 4.97. The SMILES string of the molecule is COC(=O)c1ccc2c(n1)c(C1CCCCC1)c(Br)n2CC(=O)OC(C)(C)C. The topological polar surface area (TPSA) is 70.4 Å². The molecule has 0 aromatic carbocycles. The maximum atomic E-state index is 12.5. The Labute approximate surface area is 173 Å². The highest BCUT2D eigenvalue weighted by Crippen LogP contribution is 2.41. The Balaban J connectivity index is 2.09. The van der Waals surface area contributed by atoms with Crippen LogP contribution >= 0.6 is 15.9 Å². The summed E-state index contributed by atoms with van der Waals surface area (Å²) in [5.74, 6) is -0.421. The molecule has 1 fully saturated rings. The first-order valence-electron chi connectivity index (χ1n) is 9.70. The zero-order valence-electron chi connectivity index (χ0n) is 16.9. The van der Waals surface area contributed by atoms with Crippen molar-refractivity contribution >= 4 is 38.9 Å². The fourth-order valence-corrected chi connectivity index (χ4v) is 4.67. The van der Waals surface area contributed by atoms with Crippen LogP contribution in [0, 0.1) is 0 Å². The first-order valence-corrected chi connectivity index (χ1v) is 10.5. The summed E-state index contributed by atoms with van der Waals surface area (Å²) in [5, 5.41) is 0. The zero-order chi connectivity index (χ0) is 20.5. The summed E-state index contributed by atoms with van der Waals surface area (Å²) in [5.41, 5.74) is 2.36. The molecule has 0 bridgehead atoms. The molecule has 28 heavy (non-hydrogen) atoms. The Morgan fingerprint density at radius 2 is 1.89 bits per heavy atom. The van der Waals surface area contributed by atoms with E-state index in [0.717, 1.165) is 34.0 Å². The molecule has 1 saturated carbocycles. The number of halogens is 1. The number of pyridine rings is 1. The molecule has 1 aliphatic carbocycles. The molecule has 0 saturated heterocycles. The summed E-state index contributed by atoms with van der Waals surface area (Å²) in [6, 6.07) is 3.47. The molecule has 2 aromatic rings. The van der Waals surface area contributed by atoms with Crippen molar-refractivity contribution in [3.8, 4) is 0 Å². The van der Waals surface area contributed by atoms with Gasteiger partial charge in [-0.15, -0.1) is 0 Å². The molecule has 7 heteroatoms. The van der Waals surface area contributed by atoms with Gasteiger partial charge >= 0.3 is 11.9 Å². The third kappa shape index (κ3) is 4.40. The molecule has 2 aromatic heterocycles. The number of hydrogen-bond donors (Lipinski definition) is 0. The van der Waals surface area contributed by atoms with E-state index in [2.05, 4.69) is 20.9 Å². The van der Waals surface area contributed by atoms with Crippen LogP contribution < -0.4 is 0 Å². The van der Waals surface area contributed by atoms with Crippen molar-refractivity contribution in [2.75, 3.05) is 7.11 Å². The first kappa shape index (κ1) is 20.8. The fourth-order valence-electron chi connectivity index (χ4n) is 3.85. The van der Waals surface area contributed by atoms with Crippen molar-refractivity contribution in [1.29, 1.82) is 0 Å². The van der Waals surface area contributed by atoms with E-state index in [1.165, 1.54) is 26.4 Å². The van der Waals surface area contributed by atoms with Crippen molar-refractivity contribution in [2.24, 2.45) is 0 Å². The summed E-state index contributed by atoms with van der Waals surface area (Å²) >= 11 is 3.72. The normalized spacial score (nSPS) is 15.6. The summed E-state index contributed by atoms with van der Waals surface area (Å²) in [7, 11) is 1.35. The van der Waals surface area contributed by atoms with Gasteiger partial charge in [-0.05, 0) is 67.6 Å². The van der Waals surface area contributed by atoms with Gasteiger partial charge in [0.25, 0.3) is 0 Å². The lowest BCUT2D eigenvalue weighted by Gasteiger charge is -2.22. The van der Waals surface area contributed by atoms with Crippen LogP contribution in [-0.4, -0.2) is 34.2 Å². The summed E-state index contributed by atoms with van der Waals surface area (Å²) < 4.78 is 13.1. The smallest absolute Gasteiger partial charge is 0.356 e. The maximum absolute atomic E-state index is 12.5. The number of carbonyl (C=O) groups is 2. The quantitative estimate of drug-likeness (QED) is 0.614. The molecule has 0 atom stereocenters. The van der Waals surface area contributed by atoms with Crippen LogP contribution in [0.3, 0.4) is 0 Å². The first-order chi connectivity index (χ1) is 13.2. The van der Waals surface area contributed by atoms with Gasteiger partial charge in [-0.2, -0.15) is 0 Å². The number of esters is 2. The molecule has 0 spiro atoms. The van der Waals surface area contributed by atoms with Gasteiger partial charge in [0.2, 0.25) is 0 Å². The van der Waals surface area contributed by atoms with Crippen molar-refractivity contribution < 1.29 is 19.1 Å². The number of nitrogens with zero attached hydrogens (tertiary/aromatic N) is 2. The van der Waals surface area contributed by atoms with Gasteiger partial charge in [0.15, 0.2) is 0 Å². The van der Waals surface area contributed by atoms with Crippen molar-refractivity contribution in [3.63, 3.8) is 0 Å². The summed E-state index contributed by atoms with van der Waals surface area (Å²) in [4.78, 5) is 29.1. The minimum Gasteiger partial charge on any atom is -0.464 e. The lowest BCUT2D eigenvalue weighted by Crippen LogP contribution is -2.26. The lowest BCUT2D eigenvalue weighted by atomic mass is 9.85. The third-order valence-electron chi connectivity index (χ3n) is 4.99. The second-order valence-electron chi connectivity index (χ2n) is 8.27. The van der Waals surface area contributed by atoms with Gasteiger partial charge in [0.1, 0.15) is 17.8 Å². The number of carbonyl (C=O) groups excluding carboxylic acids is 2. The standard InChI is InChI=1S/C21H27BrN2O4/c1-21(2,3)28-16(25)12-24-15-11-10-14(20(26)27-4)23-18(15)17(19(24)22)13-8-6-5-7-9-13/h10-11,13H,5-9,12H2,1-4H3. The van der Waals surface area contributed by atoms with Gasteiger partial charge in [-0.1, -0.05) is 19.3 Å². The number of rotatable bonds is 4. The highest BCUT2D eigenvalue weighted by atomic mass is 79.9. The molecular formula is C21H27BrN2O4. The van der Waals surface area contributed by atoms with E-state index in [0.29, 0.717) is 5.92 Å². The Hall–Kier alpha value is -1.89. The van der Waals surface area contributed by atoms with Crippen LogP contribution in [0.2, 0.25) is 0 Å². The number of methoxy groups -OCH3 is 1. The highest BCUT2D eigenvalue weighted by molar-refractivity contribution is 9.10. The Morgan fingerprint density at radius 1 is 1.21 bits per heavy atom. The van der Waals surface area contributed by atoms with Crippen LogP contribution in [0.1, 0.15) is 74.8 Å². The minimum absolute atomic E-state index is 0.0837. The van der Waals surface area contributed by atoms with Crippen LogP contribution in [-0.2, 0) is 20.8 Å². The Kier molecular flexibility index (Phi) is 6.12. The molecule has 6 nitrogen and oxygen atoms in total.